The number of rotatable bonds is 8. The van der Waals surface area contributed by atoms with E-state index < -0.39 is 5.60 Å². The van der Waals surface area contributed by atoms with Gasteiger partial charge in [-0.1, -0.05) is 76.3 Å². The van der Waals surface area contributed by atoms with E-state index in [0.29, 0.717) is 31.1 Å². The summed E-state index contributed by atoms with van der Waals surface area (Å²) in [5.74, 6) is 0.332. The number of anilines is 1. The number of carbonyl (C=O) groups excluding carboxylic acids is 1. The number of fused-ring (bicyclic) bond motifs is 1. The molecule has 0 spiro atoms. The molecule has 1 aliphatic carbocycles. The van der Waals surface area contributed by atoms with Gasteiger partial charge >= 0.3 is 5.97 Å². The lowest BCUT2D eigenvalue weighted by Crippen LogP contribution is -2.44. The van der Waals surface area contributed by atoms with Gasteiger partial charge in [0, 0.05) is 17.8 Å². The first-order chi connectivity index (χ1) is 14.8. The van der Waals surface area contributed by atoms with Crippen molar-refractivity contribution in [3.05, 3.63) is 65.2 Å². The molecule has 1 unspecified atom stereocenters. The van der Waals surface area contributed by atoms with Crippen LogP contribution in [0.2, 0.25) is 0 Å². The van der Waals surface area contributed by atoms with Crippen molar-refractivity contribution in [2.75, 3.05) is 11.9 Å². The van der Waals surface area contributed by atoms with Gasteiger partial charge in [-0.15, -0.1) is 0 Å². The lowest BCUT2D eigenvalue weighted by Gasteiger charge is -2.40. The molecular formula is C27H35NO3. The van der Waals surface area contributed by atoms with Crippen molar-refractivity contribution in [1.29, 1.82) is 0 Å². The van der Waals surface area contributed by atoms with Crippen molar-refractivity contribution in [1.82, 2.24) is 0 Å². The number of hydrogen-bond donors (Lipinski definition) is 2. The second kappa shape index (κ2) is 9.04. The fourth-order valence-electron chi connectivity index (χ4n) is 5.46. The van der Waals surface area contributed by atoms with Gasteiger partial charge in [0.15, 0.2) is 0 Å². The maximum Gasteiger partial charge on any atom is 0.338 e. The molecule has 0 bridgehead atoms. The van der Waals surface area contributed by atoms with Crippen molar-refractivity contribution in [3.63, 3.8) is 0 Å². The largest absolute Gasteiger partial charge is 0.457 e. The zero-order valence-corrected chi connectivity index (χ0v) is 18.8. The summed E-state index contributed by atoms with van der Waals surface area (Å²) in [5.41, 5.74) is 2.79. The van der Waals surface area contributed by atoms with Gasteiger partial charge in [-0.25, -0.2) is 4.79 Å². The summed E-state index contributed by atoms with van der Waals surface area (Å²) in [7, 11) is 0. The highest BCUT2D eigenvalue weighted by atomic mass is 16.5. The van der Waals surface area contributed by atoms with Crippen LogP contribution in [0.5, 0.6) is 0 Å². The van der Waals surface area contributed by atoms with Gasteiger partial charge in [-0.3, -0.25) is 0 Å². The molecule has 0 saturated heterocycles. The summed E-state index contributed by atoms with van der Waals surface area (Å²) in [6.45, 7) is 5.28. The highest BCUT2D eigenvalue weighted by Gasteiger charge is 2.37. The summed E-state index contributed by atoms with van der Waals surface area (Å²) in [6.07, 6.45) is 7.81. The Morgan fingerprint density at radius 1 is 1.06 bits per heavy atom. The SMILES string of the molecule is CC(C)(CC(O)(CNc1ccc2c(c1)COC2=O)CC1CCCCC1)c1ccccc1. The van der Waals surface area contributed by atoms with E-state index in [4.69, 9.17) is 4.74 Å². The van der Waals surface area contributed by atoms with E-state index in [2.05, 4.69) is 43.4 Å². The molecule has 0 aromatic heterocycles. The number of nitrogens with one attached hydrogen (secondary N) is 1. The second-order valence-electron chi connectivity index (χ2n) is 10.2. The summed E-state index contributed by atoms with van der Waals surface area (Å²) < 4.78 is 5.12. The Labute approximate surface area is 186 Å². The minimum atomic E-state index is -0.813. The van der Waals surface area contributed by atoms with E-state index in [1.807, 2.05) is 24.3 Å². The number of aliphatic hydroxyl groups is 1. The van der Waals surface area contributed by atoms with E-state index in [1.165, 1.54) is 37.7 Å². The third-order valence-electron chi connectivity index (χ3n) is 7.03. The van der Waals surface area contributed by atoms with Crippen LogP contribution in [0, 0.1) is 5.92 Å². The van der Waals surface area contributed by atoms with E-state index in [9.17, 15) is 9.90 Å². The van der Waals surface area contributed by atoms with Crippen molar-refractivity contribution in [2.24, 2.45) is 5.92 Å². The first-order valence-corrected chi connectivity index (χ1v) is 11.7. The molecule has 4 rings (SSSR count). The van der Waals surface area contributed by atoms with Crippen LogP contribution < -0.4 is 5.32 Å². The van der Waals surface area contributed by atoms with E-state index in [-0.39, 0.29) is 11.4 Å². The van der Waals surface area contributed by atoms with Crippen LogP contribution in [0.3, 0.4) is 0 Å². The van der Waals surface area contributed by atoms with Gasteiger partial charge in [-0.2, -0.15) is 0 Å². The summed E-state index contributed by atoms with van der Waals surface area (Å²) in [4.78, 5) is 11.7. The highest BCUT2D eigenvalue weighted by molar-refractivity contribution is 5.93. The van der Waals surface area contributed by atoms with Crippen LogP contribution in [0.25, 0.3) is 0 Å². The Morgan fingerprint density at radius 3 is 2.55 bits per heavy atom. The molecule has 0 amide bonds. The molecule has 1 heterocycles. The smallest absolute Gasteiger partial charge is 0.338 e. The van der Waals surface area contributed by atoms with Crippen molar-refractivity contribution in [2.45, 2.75) is 76.4 Å². The Morgan fingerprint density at radius 2 is 1.81 bits per heavy atom. The minimum Gasteiger partial charge on any atom is -0.457 e. The van der Waals surface area contributed by atoms with Gasteiger partial charge in [0.05, 0.1) is 11.2 Å². The predicted octanol–water partition coefficient (Wildman–Crippen LogP) is 5.84. The number of carbonyl (C=O) groups is 1. The Kier molecular flexibility index (Phi) is 6.38. The molecule has 4 nitrogen and oxygen atoms in total. The summed E-state index contributed by atoms with van der Waals surface area (Å²) >= 11 is 0. The summed E-state index contributed by atoms with van der Waals surface area (Å²) in [5, 5.41) is 15.4. The fourth-order valence-corrected chi connectivity index (χ4v) is 5.46. The molecule has 2 aromatic rings. The van der Waals surface area contributed by atoms with Crippen LogP contribution >= 0.6 is 0 Å². The monoisotopic (exact) mass is 421 g/mol. The molecule has 1 atom stereocenters. The Hall–Kier alpha value is -2.33. The van der Waals surface area contributed by atoms with Crippen LogP contribution in [-0.4, -0.2) is 23.2 Å². The molecule has 2 aromatic carbocycles. The fraction of sp³-hybridized carbons (Fsp3) is 0.519. The van der Waals surface area contributed by atoms with Gasteiger partial charge < -0.3 is 15.2 Å². The zero-order valence-electron chi connectivity index (χ0n) is 18.8. The van der Waals surface area contributed by atoms with Gasteiger partial charge in [0.25, 0.3) is 0 Å². The van der Waals surface area contributed by atoms with Crippen LogP contribution in [0.1, 0.15) is 80.3 Å². The number of hydrogen-bond acceptors (Lipinski definition) is 4. The highest BCUT2D eigenvalue weighted by Crippen LogP contribution is 2.39. The quantitative estimate of drug-likeness (QED) is 0.526. The van der Waals surface area contributed by atoms with Crippen LogP contribution in [0.15, 0.2) is 48.5 Å². The molecule has 166 valence electrons. The molecule has 1 aliphatic heterocycles. The number of cyclic esters (lactones) is 1. The first-order valence-electron chi connectivity index (χ1n) is 11.7. The normalized spacial score (nSPS) is 18.9. The number of esters is 1. The third-order valence-corrected chi connectivity index (χ3v) is 7.03. The van der Waals surface area contributed by atoms with Crippen molar-refractivity contribution in [3.8, 4) is 0 Å². The van der Waals surface area contributed by atoms with E-state index >= 15 is 0 Å². The first kappa shape index (κ1) is 21.9. The Balaban J connectivity index is 1.51. The minimum absolute atomic E-state index is 0.134. The second-order valence-corrected chi connectivity index (χ2v) is 10.2. The molecule has 2 aliphatic rings. The Bertz CT molecular complexity index is 902. The average molecular weight is 422 g/mol. The molecule has 2 N–H and O–H groups in total. The molecule has 1 saturated carbocycles. The number of ether oxygens (including phenoxy) is 1. The third kappa shape index (κ3) is 5.30. The number of benzene rings is 2. The van der Waals surface area contributed by atoms with Crippen LogP contribution in [0.4, 0.5) is 5.69 Å². The zero-order chi connectivity index (χ0) is 21.9. The van der Waals surface area contributed by atoms with Crippen molar-refractivity contribution < 1.29 is 14.6 Å². The summed E-state index contributed by atoms with van der Waals surface area (Å²) in [6, 6.07) is 16.2. The maximum atomic E-state index is 11.9. The van der Waals surface area contributed by atoms with Crippen molar-refractivity contribution >= 4 is 11.7 Å². The van der Waals surface area contributed by atoms with E-state index in [0.717, 1.165) is 17.7 Å². The topological polar surface area (TPSA) is 58.6 Å². The molecule has 4 heteroatoms. The van der Waals surface area contributed by atoms with Gasteiger partial charge in [0.1, 0.15) is 6.61 Å². The predicted molar refractivity (Wildman–Crippen MR) is 124 cm³/mol. The molecular weight excluding hydrogens is 386 g/mol. The lowest BCUT2D eigenvalue weighted by atomic mass is 9.71. The van der Waals surface area contributed by atoms with Gasteiger partial charge in [0.2, 0.25) is 0 Å². The standard InChI is InChI=1S/C27H35NO3/c1-26(2,22-11-7-4-8-12-22)18-27(30,16-20-9-5-3-6-10-20)19-28-23-13-14-24-21(15-23)17-31-25(24)29/h4,7-8,11-15,20,28,30H,3,5-6,9-10,16-19H2,1-2H3. The molecule has 31 heavy (non-hydrogen) atoms. The lowest BCUT2D eigenvalue weighted by molar-refractivity contribution is -0.00218. The average Bonchev–Trinajstić information content (AvgIpc) is 3.13. The van der Waals surface area contributed by atoms with Gasteiger partial charge in [-0.05, 0) is 47.9 Å². The van der Waals surface area contributed by atoms with E-state index in [1.54, 1.807) is 0 Å². The maximum absolute atomic E-state index is 11.9. The molecule has 0 radical (unpaired) electrons. The van der Waals surface area contributed by atoms with Crippen LogP contribution in [-0.2, 0) is 16.8 Å². The molecule has 1 fully saturated rings.